The van der Waals surface area contributed by atoms with Gasteiger partial charge in [-0.15, -0.1) is 0 Å². The molecule has 0 aliphatic carbocycles. The van der Waals surface area contributed by atoms with Crippen molar-refractivity contribution in [3.05, 3.63) is 29.8 Å². The molecule has 13 heavy (non-hydrogen) atoms. The van der Waals surface area contributed by atoms with Crippen LogP contribution in [0.15, 0.2) is 24.3 Å². The second-order valence-corrected chi connectivity index (χ2v) is 2.53. The van der Waals surface area contributed by atoms with Gasteiger partial charge in [-0.05, 0) is 24.3 Å². The number of nitrogens with one attached hydrogen (secondary N) is 1. The number of benzene rings is 1. The van der Waals surface area contributed by atoms with Crippen LogP contribution in [-0.2, 0) is 0 Å². The van der Waals surface area contributed by atoms with E-state index in [4.69, 9.17) is 10.2 Å². The molecule has 70 valence electrons. The van der Waals surface area contributed by atoms with Gasteiger partial charge in [0.15, 0.2) is 0 Å². The number of aromatic hydroxyl groups is 1. The molecule has 4 heteroatoms. The maximum Gasteiger partial charge on any atom is 0.251 e. The summed E-state index contributed by atoms with van der Waals surface area (Å²) in [4.78, 5) is 11.2. The Labute approximate surface area is 75.8 Å². The Balaban J connectivity index is 2.61. The van der Waals surface area contributed by atoms with Crippen LogP contribution in [0.3, 0.4) is 0 Å². The minimum Gasteiger partial charge on any atom is -0.508 e. The van der Waals surface area contributed by atoms with Crippen molar-refractivity contribution in [2.45, 2.75) is 0 Å². The van der Waals surface area contributed by atoms with Crippen molar-refractivity contribution in [2.24, 2.45) is 0 Å². The lowest BCUT2D eigenvalue weighted by Gasteiger charge is -2.02. The zero-order valence-electron chi connectivity index (χ0n) is 7.03. The molecule has 4 nitrogen and oxygen atoms in total. The number of rotatable bonds is 3. The molecular weight excluding hydrogens is 170 g/mol. The maximum absolute atomic E-state index is 11.2. The molecule has 0 heterocycles. The highest BCUT2D eigenvalue weighted by molar-refractivity contribution is 5.94. The number of aliphatic hydroxyl groups excluding tert-OH is 1. The monoisotopic (exact) mass is 181 g/mol. The van der Waals surface area contributed by atoms with E-state index in [-0.39, 0.29) is 24.8 Å². The van der Waals surface area contributed by atoms with E-state index < -0.39 is 0 Å². The fraction of sp³-hybridized carbons (Fsp3) is 0.222. The Morgan fingerprint density at radius 2 is 1.92 bits per heavy atom. The van der Waals surface area contributed by atoms with Crippen molar-refractivity contribution in [3.8, 4) is 5.75 Å². The van der Waals surface area contributed by atoms with E-state index in [1.807, 2.05) is 0 Å². The number of phenols is 1. The fourth-order valence-corrected chi connectivity index (χ4v) is 0.884. The van der Waals surface area contributed by atoms with Crippen LogP contribution in [0.2, 0.25) is 0 Å². The molecule has 0 aromatic heterocycles. The van der Waals surface area contributed by atoms with Gasteiger partial charge in [0.25, 0.3) is 5.91 Å². The minimum absolute atomic E-state index is 0.0795. The van der Waals surface area contributed by atoms with Crippen molar-refractivity contribution < 1.29 is 15.0 Å². The number of amides is 1. The lowest BCUT2D eigenvalue weighted by molar-refractivity contribution is 0.0945. The Morgan fingerprint density at radius 3 is 2.46 bits per heavy atom. The molecule has 0 aliphatic rings. The highest BCUT2D eigenvalue weighted by atomic mass is 16.3. The minimum atomic E-state index is -0.256. The number of carbonyl (C=O) groups is 1. The van der Waals surface area contributed by atoms with Gasteiger partial charge < -0.3 is 15.5 Å². The van der Waals surface area contributed by atoms with Crippen LogP contribution in [0.25, 0.3) is 0 Å². The second kappa shape index (κ2) is 4.47. The normalized spacial score (nSPS) is 9.62. The van der Waals surface area contributed by atoms with Crippen LogP contribution >= 0.6 is 0 Å². The molecule has 1 amide bonds. The van der Waals surface area contributed by atoms with Crippen LogP contribution in [-0.4, -0.2) is 29.3 Å². The number of hydrogen-bond acceptors (Lipinski definition) is 3. The van der Waals surface area contributed by atoms with E-state index in [0.29, 0.717) is 5.56 Å². The molecule has 0 atom stereocenters. The number of hydrogen-bond donors (Lipinski definition) is 3. The van der Waals surface area contributed by atoms with Crippen molar-refractivity contribution in [3.63, 3.8) is 0 Å². The van der Waals surface area contributed by atoms with Crippen molar-refractivity contribution in [1.29, 1.82) is 0 Å². The number of carbonyl (C=O) groups excluding carboxylic acids is 1. The van der Waals surface area contributed by atoms with Gasteiger partial charge in [0.05, 0.1) is 6.61 Å². The van der Waals surface area contributed by atoms with Crippen molar-refractivity contribution in [1.82, 2.24) is 5.32 Å². The largest absolute Gasteiger partial charge is 0.508 e. The summed E-state index contributed by atoms with van der Waals surface area (Å²) in [6.45, 7) is 0.156. The third-order valence-corrected chi connectivity index (χ3v) is 1.53. The van der Waals surface area contributed by atoms with Crippen LogP contribution in [0.5, 0.6) is 5.75 Å². The molecular formula is C9H11NO3. The van der Waals surface area contributed by atoms with Gasteiger partial charge in [-0.1, -0.05) is 0 Å². The molecule has 3 N–H and O–H groups in total. The summed E-state index contributed by atoms with van der Waals surface area (Å²) in [6, 6.07) is 5.91. The summed E-state index contributed by atoms with van der Waals surface area (Å²) in [5.74, 6) is -0.132. The third-order valence-electron chi connectivity index (χ3n) is 1.53. The molecule has 0 radical (unpaired) electrons. The summed E-state index contributed by atoms with van der Waals surface area (Å²) in [5, 5.41) is 19.9. The standard InChI is InChI=1S/C9H11NO3/c11-6-5-10-9(13)7-1-3-8(12)4-2-7/h1-4,11-12H,5-6H2,(H,10,13). The molecule has 0 bridgehead atoms. The first-order chi connectivity index (χ1) is 6.24. The SMILES string of the molecule is O=C(NCCO)c1ccc(O)cc1. The van der Waals surface area contributed by atoms with E-state index in [1.54, 1.807) is 0 Å². The molecule has 0 saturated heterocycles. The predicted octanol–water partition coefficient (Wildman–Crippen LogP) is 0.114. The predicted molar refractivity (Wildman–Crippen MR) is 47.5 cm³/mol. The summed E-state index contributed by atoms with van der Waals surface area (Å²) in [5.41, 5.74) is 0.464. The first-order valence-corrected chi connectivity index (χ1v) is 3.92. The van der Waals surface area contributed by atoms with E-state index in [9.17, 15) is 4.79 Å². The second-order valence-electron chi connectivity index (χ2n) is 2.53. The molecule has 0 saturated carbocycles. The summed E-state index contributed by atoms with van der Waals surface area (Å²) < 4.78 is 0. The van der Waals surface area contributed by atoms with E-state index in [0.717, 1.165) is 0 Å². The van der Waals surface area contributed by atoms with Gasteiger partial charge >= 0.3 is 0 Å². The molecule has 0 fully saturated rings. The summed E-state index contributed by atoms with van der Waals surface area (Å²) in [6.07, 6.45) is 0. The Bertz CT molecular complexity index is 281. The van der Waals surface area contributed by atoms with Gasteiger partial charge in [0.1, 0.15) is 5.75 Å². The van der Waals surface area contributed by atoms with Crippen LogP contribution in [0.1, 0.15) is 10.4 Å². The van der Waals surface area contributed by atoms with Gasteiger partial charge in [-0.25, -0.2) is 0 Å². The Morgan fingerprint density at radius 1 is 1.31 bits per heavy atom. The maximum atomic E-state index is 11.2. The smallest absolute Gasteiger partial charge is 0.251 e. The molecule has 0 spiro atoms. The quantitative estimate of drug-likeness (QED) is 0.620. The Hall–Kier alpha value is -1.55. The summed E-state index contributed by atoms with van der Waals surface area (Å²) >= 11 is 0. The highest BCUT2D eigenvalue weighted by Crippen LogP contribution is 2.08. The van der Waals surface area contributed by atoms with E-state index in [2.05, 4.69) is 5.32 Å². The zero-order chi connectivity index (χ0) is 9.68. The van der Waals surface area contributed by atoms with Gasteiger partial charge in [0.2, 0.25) is 0 Å². The van der Waals surface area contributed by atoms with Gasteiger partial charge in [0, 0.05) is 12.1 Å². The molecule has 1 aromatic carbocycles. The lowest BCUT2D eigenvalue weighted by Crippen LogP contribution is -2.26. The molecule has 0 unspecified atom stereocenters. The van der Waals surface area contributed by atoms with Crippen molar-refractivity contribution in [2.75, 3.05) is 13.2 Å². The molecule has 1 aromatic rings. The number of aliphatic hydroxyl groups is 1. The fourth-order valence-electron chi connectivity index (χ4n) is 0.884. The third kappa shape index (κ3) is 2.76. The summed E-state index contributed by atoms with van der Waals surface area (Å²) in [7, 11) is 0. The van der Waals surface area contributed by atoms with Crippen LogP contribution in [0.4, 0.5) is 0 Å². The van der Waals surface area contributed by atoms with Crippen molar-refractivity contribution >= 4 is 5.91 Å². The first-order valence-electron chi connectivity index (χ1n) is 3.92. The van der Waals surface area contributed by atoms with E-state index >= 15 is 0 Å². The number of phenolic OH excluding ortho intramolecular Hbond substituents is 1. The molecule has 0 aliphatic heterocycles. The highest BCUT2D eigenvalue weighted by Gasteiger charge is 2.02. The lowest BCUT2D eigenvalue weighted by atomic mass is 10.2. The van der Waals surface area contributed by atoms with E-state index in [1.165, 1.54) is 24.3 Å². The van der Waals surface area contributed by atoms with Crippen LogP contribution < -0.4 is 5.32 Å². The van der Waals surface area contributed by atoms with Crippen LogP contribution in [0, 0.1) is 0 Å². The Kier molecular flexibility index (Phi) is 3.28. The molecule has 1 rings (SSSR count). The zero-order valence-corrected chi connectivity index (χ0v) is 7.03. The topological polar surface area (TPSA) is 69.6 Å². The average Bonchev–Trinajstić information content (AvgIpc) is 2.15. The van der Waals surface area contributed by atoms with Gasteiger partial charge in [-0.2, -0.15) is 0 Å². The average molecular weight is 181 g/mol. The van der Waals surface area contributed by atoms with Gasteiger partial charge in [-0.3, -0.25) is 4.79 Å². The first kappa shape index (κ1) is 9.54.